The van der Waals surface area contributed by atoms with E-state index in [9.17, 15) is 8.42 Å². The van der Waals surface area contributed by atoms with Crippen LogP contribution in [0, 0.1) is 11.3 Å². The van der Waals surface area contributed by atoms with Gasteiger partial charge in [0.25, 0.3) is 0 Å². The molecule has 0 aliphatic heterocycles. The van der Waals surface area contributed by atoms with E-state index >= 15 is 0 Å². The van der Waals surface area contributed by atoms with E-state index in [0.29, 0.717) is 12.8 Å². The molecule has 0 aromatic heterocycles. The molecule has 0 spiro atoms. The molecule has 0 saturated heterocycles. The number of nitrogens with zero attached hydrogens (tertiary/aromatic N) is 1. The quantitative estimate of drug-likeness (QED) is 0.869. The van der Waals surface area contributed by atoms with Crippen LogP contribution in [0.1, 0.15) is 18.1 Å². The van der Waals surface area contributed by atoms with E-state index in [0.717, 1.165) is 0 Å². The Morgan fingerprint density at radius 3 is 2.35 bits per heavy atom. The van der Waals surface area contributed by atoms with Gasteiger partial charge in [-0.1, -0.05) is 24.3 Å². The maximum Gasteiger partial charge on any atom is 0.227 e. The number of hydrogen-bond acceptors (Lipinski definition) is 3. The molecule has 1 aromatic rings. The maximum atomic E-state index is 11.7. The maximum absolute atomic E-state index is 11.7. The highest BCUT2D eigenvalue weighted by atomic mass is 32.2. The van der Waals surface area contributed by atoms with Gasteiger partial charge in [0.05, 0.1) is 6.07 Å². The fraction of sp³-hybridized carbons (Fsp3) is 0.417. The van der Waals surface area contributed by atoms with Crippen LogP contribution >= 0.6 is 0 Å². The Morgan fingerprint density at radius 2 is 1.88 bits per heavy atom. The van der Waals surface area contributed by atoms with Crippen molar-refractivity contribution in [2.45, 2.75) is 31.1 Å². The third-order valence-electron chi connectivity index (χ3n) is 3.03. The lowest BCUT2D eigenvalue weighted by Gasteiger charge is -2.13. The summed E-state index contributed by atoms with van der Waals surface area (Å²) in [6, 6.07) is 9.56. The molecule has 4 nitrogen and oxygen atoms in total. The summed E-state index contributed by atoms with van der Waals surface area (Å²) in [6.45, 7) is 1.39. The predicted octanol–water partition coefficient (Wildman–Crippen LogP) is 0.985. The number of nitriles is 1. The minimum absolute atomic E-state index is 0.117. The highest BCUT2D eigenvalue weighted by Gasteiger charge is 2.28. The lowest BCUT2D eigenvalue weighted by molar-refractivity contribution is 0.551. The van der Waals surface area contributed by atoms with Crippen molar-refractivity contribution < 1.29 is 8.42 Å². The molecule has 1 aromatic carbocycles. The molecule has 0 radical (unpaired) electrons. The molecule has 0 fully saturated rings. The first-order valence-corrected chi connectivity index (χ1v) is 7.05. The molecule has 0 amide bonds. The first kappa shape index (κ1) is 12.1. The van der Waals surface area contributed by atoms with Crippen LogP contribution in [0.25, 0.3) is 0 Å². The molecule has 1 aliphatic rings. The lowest BCUT2D eigenvalue weighted by Crippen LogP contribution is -2.40. The van der Waals surface area contributed by atoms with Crippen molar-refractivity contribution in [1.29, 1.82) is 5.26 Å². The Labute approximate surface area is 101 Å². The van der Waals surface area contributed by atoms with Gasteiger partial charge in [-0.2, -0.15) is 5.26 Å². The summed E-state index contributed by atoms with van der Waals surface area (Å²) in [5.74, 6) is 0. The predicted molar refractivity (Wildman–Crippen MR) is 64.8 cm³/mol. The molecular formula is C12H14N2O2S. The van der Waals surface area contributed by atoms with E-state index < -0.39 is 15.3 Å². The van der Waals surface area contributed by atoms with Gasteiger partial charge in [-0.25, -0.2) is 13.1 Å². The first-order chi connectivity index (χ1) is 8.03. The van der Waals surface area contributed by atoms with Gasteiger partial charge in [-0.3, -0.25) is 0 Å². The normalized spacial score (nSPS) is 17.4. The SMILES string of the molecule is CC(C#N)S(=O)(=O)NC1Cc2ccccc2C1. The third-order valence-corrected chi connectivity index (χ3v) is 4.73. The molecule has 1 aliphatic carbocycles. The Kier molecular flexibility index (Phi) is 3.18. The van der Waals surface area contributed by atoms with Gasteiger partial charge in [-0.15, -0.1) is 0 Å². The van der Waals surface area contributed by atoms with Gasteiger partial charge in [0.1, 0.15) is 0 Å². The van der Waals surface area contributed by atoms with Gasteiger partial charge in [0.2, 0.25) is 10.0 Å². The third kappa shape index (κ3) is 2.48. The van der Waals surface area contributed by atoms with Crippen LogP contribution in [-0.2, 0) is 22.9 Å². The summed E-state index contributed by atoms with van der Waals surface area (Å²) in [6.07, 6.45) is 1.40. The van der Waals surface area contributed by atoms with Crippen molar-refractivity contribution in [3.63, 3.8) is 0 Å². The monoisotopic (exact) mass is 250 g/mol. The average molecular weight is 250 g/mol. The zero-order valence-electron chi connectivity index (χ0n) is 9.55. The van der Waals surface area contributed by atoms with Crippen LogP contribution in [0.15, 0.2) is 24.3 Å². The van der Waals surface area contributed by atoms with E-state index in [4.69, 9.17) is 5.26 Å². The van der Waals surface area contributed by atoms with Crippen molar-refractivity contribution in [1.82, 2.24) is 4.72 Å². The molecule has 1 N–H and O–H groups in total. The summed E-state index contributed by atoms with van der Waals surface area (Å²) >= 11 is 0. The van der Waals surface area contributed by atoms with E-state index in [2.05, 4.69) is 4.72 Å². The smallest absolute Gasteiger partial charge is 0.211 e. The van der Waals surface area contributed by atoms with E-state index in [1.807, 2.05) is 24.3 Å². The van der Waals surface area contributed by atoms with E-state index in [1.54, 1.807) is 6.07 Å². The largest absolute Gasteiger partial charge is 0.227 e. The van der Waals surface area contributed by atoms with Crippen molar-refractivity contribution >= 4 is 10.0 Å². The Morgan fingerprint density at radius 1 is 1.35 bits per heavy atom. The summed E-state index contributed by atoms with van der Waals surface area (Å²) in [5.41, 5.74) is 2.37. The number of benzene rings is 1. The zero-order chi connectivity index (χ0) is 12.5. The molecule has 5 heteroatoms. The zero-order valence-corrected chi connectivity index (χ0v) is 10.4. The van der Waals surface area contributed by atoms with E-state index in [1.165, 1.54) is 18.1 Å². The fourth-order valence-corrected chi connectivity index (χ4v) is 3.02. The molecule has 1 unspecified atom stereocenters. The summed E-state index contributed by atoms with van der Waals surface area (Å²) in [4.78, 5) is 0. The molecule has 2 rings (SSSR count). The number of hydrogen-bond donors (Lipinski definition) is 1. The first-order valence-electron chi connectivity index (χ1n) is 5.50. The topological polar surface area (TPSA) is 70.0 Å². The van der Waals surface area contributed by atoms with Gasteiger partial charge in [0.15, 0.2) is 5.25 Å². The van der Waals surface area contributed by atoms with Crippen molar-refractivity contribution in [2.75, 3.05) is 0 Å². The lowest BCUT2D eigenvalue weighted by atomic mass is 10.1. The second-order valence-electron chi connectivity index (χ2n) is 4.31. The van der Waals surface area contributed by atoms with E-state index in [-0.39, 0.29) is 6.04 Å². The number of nitrogens with one attached hydrogen (secondary N) is 1. The van der Waals surface area contributed by atoms with Crippen molar-refractivity contribution in [3.05, 3.63) is 35.4 Å². The van der Waals surface area contributed by atoms with Gasteiger partial charge >= 0.3 is 0 Å². The van der Waals surface area contributed by atoms with Crippen LogP contribution in [0.4, 0.5) is 0 Å². The van der Waals surface area contributed by atoms with Gasteiger partial charge in [0, 0.05) is 6.04 Å². The highest BCUT2D eigenvalue weighted by molar-refractivity contribution is 7.90. The van der Waals surface area contributed by atoms with Crippen LogP contribution in [0.3, 0.4) is 0 Å². The second kappa shape index (κ2) is 4.47. The summed E-state index contributed by atoms with van der Waals surface area (Å²) in [7, 11) is -3.52. The summed E-state index contributed by atoms with van der Waals surface area (Å²) in [5, 5.41) is 7.64. The molecule has 17 heavy (non-hydrogen) atoms. The minimum Gasteiger partial charge on any atom is -0.211 e. The second-order valence-corrected chi connectivity index (χ2v) is 6.34. The van der Waals surface area contributed by atoms with Crippen LogP contribution in [0.5, 0.6) is 0 Å². The Hall–Kier alpha value is -1.38. The molecular weight excluding hydrogens is 236 g/mol. The van der Waals surface area contributed by atoms with Crippen LogP contribution in [-0.4, -0.2) is 19.7 Å². The van der Waals surface area contributed by atoms with Gasteiger partial charge < -0.3 is 0 Å². The fourth-order valence-electron chi connectivity index (χ4n) is 2.05. The number of sulfonamides is 1. The number of rotatable bonds is 3. The highest BCUT2D eigenvalue weighted by Crippen LogP contribution is 2.22. The van der Waals surface area contributed by atoms with Crippen LogP contribution < -0.4 is 4.72 Å². The summed E-state index contributed by atoms with van der Waals surface area (Å²) < 4.78 is 26.1. The standard InChI is InChI=1S/C12H14N2O2S/c1-9(8-13)17(15,16)14-12-6-10-4-2-3-5-11(10)7-12/h2-5,9,12,14H,6-7H2,1H3. The van der Waals surface area contributed by atoms with Gasteiger partial charge in [-0.05, 0) is 30.9 Å². The molecule has 1 atom stereocenters. The van der Waals surface area contributed by atoms with Crippen LogP contribution in [0.2, 0.25) is 0 Å². The minimum atomic E-state index is -3.52. The van der Waals surface area contributed by atoms with Crippen molar-refractivity contribution in [3.8, 4) is 6.07 Å². The molecule has 0 heterocycles. The Bertz CT molecular complexity index is 535. The van der Waals surface area contributed by atoms with Crippen molar-refractivity contribution in [2.24, 2.45) is 0 Å². The molecule has 0 bridgehead atoms. The number of fused-ring (bicyclic) bond motifs is 1. The molecule has 0 saturated carbocycles. The molecule has 90 valence electrons. The average Bonchev–Trinajstić information content (AvgIpc) is 2.68. The Balaban J connectivity index is 2.09.